The summed E-state index contributed by atoms with van der Waals surface area (Å²) in [7, 11) is -3.64. The van der Waals surface area contributed by atoms with Gasteiger partial charge < -0.3 is 14.8 Å². The lowest BCUT2D eigenvalue weighted by Gasteiger charge is -2.30. The number of piperidine rings is 1. The average molecular weight is 475 g/mol. The summed E-state index contributed by atoms with van der Waals surface area (Å²) in [5.74, 6) is -0.666. The van der Waals surface area contributed by atoms with Crippen molar-refractivity contribution < 1.29 is 27.5 Å². The van der Waals surface area contributed by atoms with Crippen LogP contribution < -0.4 is 10.1 Å². The molecule has 0 unspecified atom stereocenters. The van der Waals surface area contributed by atoms with E-state index in [4.69, 9.17) is 9.47 Å². The maximum Gasteiger partial charge on any atom is 0.309 e. The second-order valence-corrected chi connectivity index (χ2v) is 9.89. The number of nitrogens with zero attached hydrogens (tertiary/aromatic N) is 1. The predicted molar refractivity (Wildman–Crippen MR) is 123 cm³/mol. The monoisotopic (exact) mass is 474 g/mol. The van der Waals surface area contributed by atoms with Crippen molar-refractivity contribution in [2.75, 3.05) is 26.3 Å². The van der Waals surface area contributed by atoms with Crippen molar-refractivity contribution >= 4 is 21.9 Å². The fourth-order valence-electron chi connectivity index (χ4n) is 3.57. The molecule has 0 saturated carbocycles. The van der Waals surface area contributed by atoms with E-state index >= 15 is 0 Å². The van der Waals surface area contributed by atoms with Gasteiger partial charge in [-0.3, -0.25) is 9.59 Å². The highest BCUT2D eigenvalue weighted by Crippen LogP contribution is 2.25. The molecule has 1 saturated heterocycles. The first-order chi connectivity index (χ1) is 15.8. The molecule has 0 aliphatic carbocycles. The van der Waals surface area contributed by atoms with Gasteiger partial charge >= 0.3 is 5.97 Å². The molecule has 8 nitrogen and oxygen atoms in total. The van der Waals surface area contributed by atoms with Crippen molar-refractivity contribution in [1.82, 2.24) is 9.62 Å². The Morgan fingerprint density at radius 2 is 1.67 bits per heavy atom. The van der Waals surface area contributed by atoms with Gasteiger partial charge in [-0.2, -0.15) is 4.31 Å². The van der Waals surface area contributed by atoms with E-state index in [2.05, 4.69) is 5.32 Å². The van der Waals surface area contributed by atoms with Crippen LogP contribution in [0, 0.1) is 12.8 Å². The number of carbonyl (C=O) groups is 2. The molecule has 2 aromatic rings. The van der Waals surface area contributed by atoms with Crippen molar-refractivity contribution in [3.63, 3.8) is 0 Å². The van der Waals surface area contributed by atoms with Gasteiger partial charge in [-0.15, -0.1) is 0 Å². The van der Waals surface area contributed by atoms with Crippen molar-refractivity contribution in [3.05, 3.63) is 59.7 Å². The Hall–Kier alpha value is -2.91. The van der Waals surface area contributed by atoms with E-state index in [9.17, 15) is 18.0 Å². The van der Waals surface area contributed by atoms with Crippen LogP contribution in [0.4, 0.5) is 0 Å². The number of sulfonamides is 1. The second kappa shape index (κ2) is 11.3. The van der Waals surface area contributed by atoms with Gasteiger partial charge in [0.2, 0.25) is 10.0 Å². The van der Waals surface area contributed by atoms with Gasteiger partial charge in [-0.1, -0.05) is 29.8 Å². The number of nitrogens with one attached hydrogen (secondary N) is 1. The lowest BCUT2D eigenvalue weighted by atomic mass is 9.98. The largest absolute Gasteiger partial charge is 0.494 e. The number of hydrogen-bond acceptors (Lipinski definition) is 6. The number of carbonyl (C=O) groups excluding carboxylic acids is 2. The molecule has 1 amide bonds. The molecule has 1 aliphatic rings. The average Bonchev–Trinajstić information content (AvgIpc) is 2.83. The fourth-order valence-corrected chi connectivity index (χ4v) is 5.04. The molecule has 0 spiro atoms. The van der Waals surface area contributed by atoms with Gasteiger partial charge in [0.05, 0.1) is 17.4 Å². The van der Waals surface area contributed by atoms with E-state index in [0.717, 1.165) is 11.1 Å². The lowest BCUT2D eigenvalue weighted by molar-refractivity contribution is -0.153. The molecule has 1 heterocycles. The summed E-state index contributed by atoms with van der Waals surface area (Å²) in [5.41, 5.74) is 2.10. The zero-order chi connectivity index (χ0) is 23.8. The number of hydrogen-bond donors (Lipinski definition) is 1. The normalized spacial score (nSPS) is 15.1. The number of ether oxygens (including phenoxy) is 2. The smallest absolute Gasteiger partial charge is 0.309 e. The maximum atomic E-state index is 12.9. The van der Waals surface area contributed by atoms with Crippen LogP contribution in [0.5, 0.6) is 5.75 Å². The highest BCUT2D eigenvalue weighted by atomic mass is 32.2. The summed E-state index contributed by atoms with van der Waals surface area (Å²) >= 11 is 0. The number of benzene rings is 2. The highest BCUT2D eigenvalue weighted by Gasteiger charge is 2.33. The fraction of sp³-hybridized carbons (Fsp3) is 0.417. The number of esters is 1. The molecule has 3 rings (SSSR count). The van der Waals surface area contributed by atoms with Gasteiger partial charge in [0.1, 0.15) is 5.75 Å². The lowest BCUT2D eigenvalue weighted by Crippen LogP contribution is -2.41. The Balaban J connectivity index is 1.43. The highest BCUT2D eigenvalue weighted by molar-refractivity contribution is 7.89. The minimum Gasteiger partial charge on any atom is -0.494 e. The molecule has 0 radical (unpaired) electrons. The molecule has 9 heteroatoms. The van der Waals surface area contributed by atoms with Crippen molar-refractivity contribution in [2.45, 2.75) is 38.1 Å². The minimum atomic E-state index is -3.64. The summed E-state index contributed by atoms with van der Waals surface area (Å²) in [6, 6.07) is 14.1. The summed E-state index contributed by atoms with van der Waals surface area (Å²) in [4.78, 5) is 24.5. The minimum absolute atomic E-state index is 0.192. The third-order valence-corrected chi connectivity index (χ3v) is 7.43. The van der Waals surface area contributed by atoms with E-state index in [-0.39, 0.29) is 30.5 Å². The van der Waals surface area contributed by atoms with Crippen LogP contribution in [0.2, 0.25) is 0 Å². The van der Waals surface area contributed by atoms with Gasteiger partial charge in [0.25, 0.3) is 5.91 Å². The van der Waals surface area contributed by atoms with Gasteiger partial charge in [0, 0.05) is 19.6 Å². The molecule has 178 valence electrons. The number of aryl methyl sites for hydroxylation is 1. The molecule has 0 aromatic heterocycles. The molecule has 2 aromatic carbocycles. The van der Waals surface area contributed by atoms with E-state index in [1.165, 1.54) is 16.4 Å². The van der Waals surface area contributed by atoms with Crippen LogP contribution in [0.25, 0.3) is 0 Å². The Morgan fingerprint density at radius 1 is 1.03 bits per heavy atom. The van der Waals surface area contributed by atoms with E-state index in [1.54, 1.807) is 12.1 Å². The summed E-state index contributed by atoms with van der Waals surface area (Å²) < 4.78 is 37.6. The molecule has 0 bridgehead atoms. The molecule has 1 aliphatic heterocycles. The van der Waals surface area contributed by atoms with Crippen molar-refractivity contribution in [2.24, 2.45) is 5.92 Å². The quantitative estimate of drug-likeness (QED) is 0.561. The molecule has 1 fully saturated rings. The van der Waals surface area contributed by atoms with Crippen LogP contribution in [0.1, 0.15) is 30.9 Å². The molecular formula is C24H30N2O6S. The topological polar surface area (TPSA) is 102 Å². The molecule has 1 N–H and O–H groups in total. The summed E-state index contributed by atoms with van der Waals surface area (Å²) in [5, 5.41) is 2.72. The Labute approximate surface area is 194 Å². The van der Waals surface area contributed by atoms with Crippen molar-refractivity contribution in [1.29, 1.82) is 0 Å². The third kappa shape index (κ3) is 6.79. The molecular weight excluding hydrogens is 444 g/mol. The summed E-state index contributed by atoms with van der Waals surface area (Å²) in [6.07, 6.45) is 0.695. The van der Waals surface area contributed by atoms with Crippen LogP contribution in [0.15, 0.2) is 53.4 Å². The standard InChI is InChI=1S/C24H30N2O6S/c1-3-31-21-8-10-22(11-9-21)33(29,30)26-14-12-20(13-15-26)24(28)32-17-23(27)25-16-19-6-4-18(2)5-7-19/h4-11,20H,3,12-17H2,1-2H3,(H,25,27). The Bertz CT molecular complexity index is 1040. The SMILES string of the molecule is CCOc1ccc(S(=O)(=O)N2CCC(C(=O)OCC(=O)NCc3ccc(C)cc3)CC2)cc1. The first kappa shape index (κ1) is 24.7. The van der Waals surface area contributed by atoms with Crippen LogP contribution >= 0.6 is 0 Å². The Morgan fingerprint density at radius 3 is 2.27 bits per heavy atom. The first-order valence-corrected chi connectivity index (χ1v) is 12.5. The molecule has 0 atom stereocenters. The first-order valence-electron chi connectivity index (χ1n) is 11.0. The van der Waals surface area contributed by atoms with Gasteiger partial charge in [-0.05, 0) is 56.5 Å². The van der Waals surface area contributed by atoms with E-state index in [1.807, 2.05) is 38.1 Å². The van der Waals surface area contributed by atoms with Crippen LogP contribution in [-0.4, -0.2) is 50.9 Å². The zero-order valence-corrected chi connectivity index (χ0v) is 19.8. The van der Waals surface area contributed by atoms with Gasteiger partial charge in [0.15, 0.2) is 6.61 Å². The van der Waals surface area contributed by atoms with Crippen LogP contribution in [-0.2, 0) is 30.9 Å². The Kier molecular flexibility index (Phi) is 8.46. The molecule has 33 heavy (non-hydrogen) atoms. The second-order valence-electron chi connectivity index (χ2n) is 7.95. The number of rotatable bonds is 9. The van der Waals surface area contributed by atoms with Gasteiger partial charge in [-0.25, -0.2) is 8.42 Å². The maximum absolute atomic E-state index is 12.9. The summed E-state index contributed by atoms with van der Waals surface area (Å²) in [6.45, 7) is 4.79. The predicted octanol–water partition coefficient (Wildman–Crippen LogP) is 2.65. The zero-order valence-electron chi connectivity index (χ0n) is 19.0. The van der Waals surface area contributed by atoms with Crippen molar-refractivity contribution in [3.8, 4) is 5.75 Å². The van der Waals surface area contributed by atoms with Crippen LogP contribution in [0.3, 0.4) is 0 Å². The number of amides is 1. The third-order valence-electron chi connectivity index (χ3n) is 5.52. The van der Waals surface area contributed by atoms with E-state index in [0.29, 0.717) is 31.7 Å². The van der Waals surface area contributed by atoms with E-state index < -0.39 is 21.9 Å².